The molecule has 0 saturated heterocycles. The molecule has 2 atom stereocenters. The SMILES string of the molecule is CC(C)Nc1nc(S(C)(=O)=O)cc2cnc(NC(=O)[C@H]3CCC[C@@H](OC(=O)NC(C)(C)C)C3)nc12. The van der Waals surface area contributed by atoms with Crippen molar-refractivity contribution in [2.45, 2.75) is 83.0 Å². The van der Waals surface area contributed by atoms with Gasteiger partial charge >= 0.3 is 6.09 Å². The van der Waals surface area contributed by atoms with Crippen molar-refractivity contribution in [3.63, 3.8) is 0 Å². The standard InChI is InChI=1S/C23H34N6O5S/c1-13(2)25-19-18-15(11-17(26-19)35(6,32)33)12-24-21(27-18)28-20(30)14-8-7-9-16(10-14)34-22(31)29-23(3,4)5/h11-14,16H,7-10H2,1-6H3,(H,25,26)(H,29,31)(H,24,27,28,30)/t14-,16+/m0/s1. The monoisotopic (exact) mass is 506 g/mol. The molecule has 192 valence electrons. The van der Waals surface area contributed by atoms with Crippen molar-refractivity contribution in [2.75, 3.05) is 16.9 Å². The fourth-order valence-electron chi connectivity index (χ4n) is 3.83. The smallest absolute Gasteiger partial charge is 0.407 e. The van der Waals surface area contributed by atoms with Crippen LogP contribution in [-0.2, 0) is 19.4 Å². The molecule has 2 aromatic heterocycles. The predicted octanol–water partition coefficient (Wildman–Crippen LogP) is 3.27. The van der Waals surface area contributed by atoms with E-state index in [4.69, 9.17) is 4.74 Å². The Morgan fingerprint density at radius 1 is 1.17 bits per heavy atom. The maximum atomic E-state index is 13.0. The summed E-state index contributed by atoms with van der Waals surface area (Å²) in [5, 5.41) is 9.03. The topological polar surface area (TPSA) is 152 Å². The summed E-state index contributed by atoms with van der Waals surface area (Å²) in [5.74, 6) is -0.217. The van der Waals surface area contributed by atoms with Crippen molar-refractivity contribution in [2.24, 2.45) is 5.92 Å². The number of anilines is 2. The molecule has 0 spiro atoms. The van der Waals surface area contributed by atoms with E-state index in [1.165, 1.54) is 12.3 Å². The quantitative estimate of drug-likeness (QED) is 0.536. The maximum absolute atomic E-state index is 13.0. The van der Waals surface area contributed by atoms with Gasteiger partial charge in [0.2, 0.25) is 11.9 Å². The van der Waals surface area contributed by atoms with Gasteiger partial charge in [-0.2, -0.15) is 0 Å². The molecule has 0 unspecified atom stereocenters. The van der Waals surface area contributed by atoms with E-state index in [1.807, 2.05) is 34.6 Å². The Hall–Kier alpha value is -3.02. The molecule has 0 aromatic carbocycles. The molecule has 0 bridgehead atoms. The number of ether oxygens (including phenoxy) is 1. The first-order valence-electron chi connectivity index (χ1n) is 11.7. The minimum absolute atomic E-state index is 0.0248. The molecule has 0 radical (unpaired) electrons. The fourth-order valence-corrected chi connectivity index (χ4v) is 4.43. The Bertz CT molecular complexity index is 1210. The van der Waals surface area contributed by atoms with E-state index in [0.717, 1.165) is 12.7 Å². The number of pyridine rings is 1. The second-order valence-corrected chi connectivity index (χ2v) is 12.2. The van der Waals surface area contributed by atoms with Gasteiger partial charge in [0, 0.05) is 35.3 Å². The van der Waals surface area contributed by atoms with E-state index >= 15 is 0 Å². The van der Waals surface area contributed by atoms with Crippen molar-refractivity contribution in [3.05, 3.63) is 12.3 Å². The van der Waals surface area contributed by atoms with Crippen LogP contribution in [0.15, 0.2) is 17.3 Å². The third-order valence-electron chi connectivity index (χ3n) is 5.33. The van der Waals surface area contributed by atoms with Gasteiger partial charge in [-0.15, -0.1) is 0 Å². The molecule has 1 fully saturated rings. The van der Waals surface area contributed by atoms with Gasteiger partial charge < -0.3 is 15.4 Å². The molecule has 3 rings (SSSR count). The van der Waals surface area contributed by atoms with Crippen LogP contribution in [0.2, 0.25) is 0 Å². The molecule has 35 heavy (non-hydrogen) atoms. The largest absolute Gasteiger partial charge is 0.446 e. The zero-order valence-electron chi connectivity index (χ0n) is 21.0. The number of carbonyl (C=O) groups excluding carboxylic acids is 2. The Kier molecular flexibility index (Phi) is 7.83. The molecule has 0 aliphatic heterocycles. The van der Waals surface area contributed by atoms with Gasteiger partial charge in [0.15, 0.2) is 20.7 Å². The predicted molar refractivity (Wildman–Crippen MR) is 133 cm³/mol. The number of alkyl carbamates (subject to hydrolysis) is 1. The highest BCUT2D eigenvalue weighted by atomic mass is 32.2. The Labute approximate surface area is 205 Å². The maximum Gasteiger partial charge on any atom is 0.407 e. The molecule has 11 nitrogen and oxygen atoms in total. The number of carbonyl (C=O) groups is 2. The van der Waals surface area contributed by atoms with Gasteiger partial charge in [-0.3, -0.25) is 10.1 Å². The molecular weight excluding hydrogens is 472 g/mol. The van der Waals surface area contributed by atoms with E-state index in [-0.39, 0.29) is 34.9 Å². The van der Waals surface area contributed by atoms with Crippen LogP contribution in [0.25, 0.3) is 10.9 Å². The highest BCUT2D eigenvalue weighted by Gasteiger charge is 2.30. The molecular formula is C23H34N6O5S. The van der Waals surface area contributed by atoms with E-state index in [1.54, 1.807) is 0 Å². The van der Waals surface area contributed by atoms with E-state index < -0.39 is 21.5 Å². The van der Waals surface area contributed by atoms with Crippen molar-refractivity contribution in [1.82, 2.24) is 20.3 Å². The molecule has 12 heteroatoms. The average Bonchev–Trinajstić information content (AvgIpc) is 2.71. The Morgan fingerprint density at radius 2 is 1.89 bits per heavy atom. The van der Waals surface area contributed by atoms with Gasteiger partial charge in [0.05, 0.1) is 0 Å². The Balaban J connectivity index is 1.76. The summed E-state index contributed by atoms with van der Waals surface area (Å²) >= 11 is 0. The van der Waals surface area contributed by atoms with E-state index in [0.29, 0.717) is 36.0 Å². The number of aromatic nitrogens is 3. The molecule has 2 heterocycles. The lowest BCUT2D eigenvalue weighted by molar-refractivity contribution is -0.122. The summed E-state index contributed by atoms with van der Waals surface area (Å²) < 4.78 is 29.6. The summed E-state index contributed by atoms with van der Waals surface area (Å²) in [6.45, 7) is 9.40. The van der Waals surface area contributed by atoms with Crippen LogP contribution >= 0.6 is 0 Å². The molecule has 2 amide bonds. The minimum atomic E-state index is -3.54. The summed E-state index contributed by atoms with van der Waals surface area (Å²) in [7, 11) is -3.54. The van der Waals surface area contributed by atoms with Crippen LogP contribution in [-0.4, -0.2) is 59.3 Å². The lowest BCUT2D eigenvalue weighted by Gasteiger charge is -2.29. The van der Waals surface area contributed by atoms with Crippen LogP contribution in [0.4, 0.5) is 16.6 Å². The highest BCUT2D eigenvalue weighted by Crippen LogP contribution is 2.28. The van der Waals surface area contributed by atoms with Gasteiger partial charge in [0.1, 0.15) is 11.6 Å². The van der Waals surface area contributed by atoms with Crippen molar-refractivity contribution in [1.29, 1.82) is 0 Å². The lowest BCUT2D eigenvalue weighted by Crippen LogP contribution is -2.43. The average molecular weight is 507 g/mol. The summed E-state index contributed by atoms with van der Waals surface area (Å²) in [6.07, 6.45) is 4.24. The number of rotatable bonds is 6. The number of fused-ring (bicyclic) bond motifs is 1. The first kappa shape index (κ1) is 26.6. The molecule has 1 saturated carbocycles. The zero-order chi connectivity index (χ0) is 26.0. The second-order valence-electron chi connectivity index (χ2n) is 10.3. The summed E-state index contributed by atoms with van der Waals surface area (Å²) in [4.78, 5) is 37.9. The number of hydrogen-bond acceptors (Lipinski definition) is 9. The third kappa shape index (κ3) is 7.48. The number of hydrogen-bond donors (Lipinski definition) is 3. The minimum Gasteiger partial charge on any atom is -0.446 e. The van der Waals surface area contributed by atoms with Gasteiger partial charge in [-0.25, -0.2) is 28.2 Å². The number of sulfone groups is 1. The van der Waals surface area contributed by atoms with Crippen LogP contribution in [0.1, 0.15) is 60.3 Å². The molecule has 1 aliphatic rings. The highest BCUT2D eigenvalue weighted by molar-refractivity contribution is 7.90. The number of nitrogens with zero attached hydrogens (tertiary/aromatic N) is 3. The van der Waals surface area contributed by atoms with Gasteiger partial charge in [0.25, 0.3) is 0 Å². The molecule has 2 aromatic rings. The number of nitrogens with one attached hydrogen (secondary N) is 3. The fraction of sp³-hybridized carbons (Fsp3) is 0.609. The summed E-state index contributed by atoms with van der Waals surface area (Å²) in [5.41, 5.74) is -0.00371. The van der Waals surface area contributed by atoms with Gasteiger partial charge in [-0.05, 0) is 66.4 Å². The van der Waals surface area contributed by atoms with Gasteiger partial charge in [-0.1, -0.05) is 0 Å². The molecule has 3 N–H and O–H groups in total. The van der Waals surface area contributed by atoms with Crippen molar-refractivity contribution in [3.8, 4) is 0 Å². The first-order valence-corrected chi connectivity index (χ1v) is 13.5. The van der Waals surface area contributed by atoms with Crippen molar-refractivity contribution >= 4 is 44.5 Å². The first-order chi connectivity index (χ1) is 16.2. The Morgan fingerprint density at radius 3 is 2.51 bits per heavy atom. The lowest BCUT2D eigenvalue weighted by atomic mass is 9.86. The molecule has 1 aliphatic carbocycles. The third-order valence-corrected chi connectivity index (χ3v) is 6.30. The summed E-state index contributed by atoms with van der Waals surface area (Å²) in [6, 6.07) is 1.39. The van der Waals surface area contributed by atoms with Crippen molar-refractivity contribution < 1.29 is 22.7 Å². The van der Waals surface area contributed by atoms with E-state index in [2.05, 4.69) is 30.9 Å². The van der Waals surface area contributed by atoms with Crippen LogP contribution in [0.5, 0.6) is 0 Å². The van der Waals surface area contributed by atoms with Crippen LogP contribution in [0, 0.1) is 5.92 Å². The van der Waals surface area contributed by atoms with Crippen LogP contribution < -0.4 is 16.0 Å². The number of amides is 2. The second kappa shape index (κ2) is 10.3. The zero-order valence-corrected chi connectivity index (χ0v) is 21.8. The van der Waals surface area contributed by atoms with Crippen LogP contribution in [0.3, 0.4) is 0 Å². The normalized spacial score (nSPS) is 18.8. The van der Waals surface area contributed by atoms with E-state index in [9.17, 15) is 18.0 Å².